The summed E-state index contributed by atoms with van der Waals surface area (Å²) in [5, 5.41) is 0. The fraction of sp³-hybridized carbons (Fsp3) is 0.538. The quantitative estimate of drug-likeness (QED) is 0.746. The van der Waals surface area contributed by atoms with Crippen molar-refractivity contribution >= 4 is 21.6 Å². The van der Waals surface area contributed by atoms with Crippen molar-refractivity contribution in [3.8, 4) is 0 Å². The SMILES string of the molecule is CN(C)CC(NS(=O)(=O)CCCCl)c1ccccc1. The zero-order valence-corrected chi connectivity index (χ0v) is 12.9. The van der Waals surface area contributed by atoms with Crippen molar-refractivity contribution in [2.45, 2.75) is 12.5 Å². The van der Waals surface area contributed by atoms with Gasteiger partial charge in [0.1, 0.15) is 0 Å². The molecule has 1 rings (SSSR count). The topological polar surface area (TPSA) is 49.4 Å². The third-order valence-electron chi connectivity index (χ3n) is 2.62. The molecule has 108 valence electrons. The van der Waals surface area contributed by atoms with Gasteiger partial charge in [0.25, 0.3) is 0 Å². The third-order valence-corrected chi connectivity index (χ3v) is 4.36. The van der Waals surface area contributed by atoms with E-state index in [2.05, 4.69) is 4.72 Å². The monoisotopic (exact) mass is 304 g/mol. The van der Waals surface area contributed by atoms with Gasteiger partial charge in [-0.3, -0.25) is 0 Å². The molecule has 0 aliphatic heterocycles. The Morgan fingerprint density at radius 1 is 1.26 bits per heavy atom. The molecule has 0 amide bonds. The van der Waals surface area contributed by atoms with Gasteiger partial charge in [0.05, 0.1) is 11.8 Å². The zero-order valence-electron chi connectivity index (χ0n) is 11.3. The Bertz CT molecular complexity index is 463. The average molecular weight is 305 g/mol. The number of likely N-dealkylation sites (N-methyl/N-ethyl adjacent to an activating group) is 1. The number of halogens is 1. The Morgan fingerprint density at radius 2 is 1.89 bits per heavy atom. The molecule has 6 heteroatoms. The summed E-state index contributed by atoms with van der Waals surface area (Å²) in [6.45, 7) is 0.615. The minimum Gasteiger partial charge on any atom is -0.307 e. The van der Waals surface area contributed by atoms with Crippen LogP contribution in [0, 0.1) is 0 Å². The highest BCUT2D eigenvalue weighted by Gasteiger charge is 2.19. The van der Waals surface area contributed by atoms with Crippen LogP contribution in [0.5, 0.6) is 0 Å². The lowest BCUT2D eigenvalue weighted by Crippen LogP contribution is -2.36. The molecule has 1 aromatic rings. The van der Waals surface area contributed by atoms with E-state index in [-0.39, 0.29) is 11.8 Å². The molecule has 0 aromatic heterocycles. The fourth-order valence-electron chi connectivity index (χ4n) is 1.78. The van der Waals surface area contributed by atoms with E-state index in [4.69, 9.17) is 11.6 Å². The average Bonchev–Trinajstić information content (AvgIpc) is 2.36. The van der Waals surface area contributed by atoms with E-state index in [0.717, 1.165) is 5.56 Å². The van der Waals surface area contributed by atoms with E-state index >= 15 is 0 Å². The second-order valence-corrected chi connectivity index (χ2v) is 6.96. The lowest BCUT2D eigenvalue weighted by Gasteiger charge is -2.22. The lowest BCUT2D eigenvalue weighted by molar-refractivity contribution is 0.363. The van der Waals surface area contributed by atoms with Crippen LogP contribution in [0.25, 0.3) is 0 Å². The smallest absolute Gasteiger partial charge is 0.212 e. The van der Waals surface area contributed by atoms with E-state index < -0.39 is 10.0 Å². The van der Waals surface area contributed by atoms with Crippen LogP contribution in [0.4, 0.5) is 0 Å². The van der Waals surface area contributed by atoms with Gasteiger partial charge in [-0.1, -0.05) is 30.3 Å². The summed E-state index contributed by atoms with van der Waals surface area (Å²) in [7, 11) is 0.541. The molecule has 0 spiro atoms. The van der Waals surface area contributed by atoms with Gasteiger partial charge in [-0.15, -0.1) is 11.6 Å². The van der Waals surface area contributed by atoms with Gasteiger partial charge in [0.15, 0.2) is 0 Å². The van der Waals surface area contributed by atoms with Crippen molar-refractivity contribution in [1.82, 2.24) is 9.62 Å². The van der Waals surface area contributed by atoms with Crippen LogP contribution in [0.1, 0.15) is 18.0 Å². The molecule has 4 nitrogen and oxygen atoms in total. The molecule has 0 fully saturated rings. The maximum Gasteiger partial charge on any atom is 0.212 e. The van der Waals surface area contributed by atoms with Gasteiger partial charge in [0, 0.05) is 12.4 Å². The molecule has 1 aromatic carbocycles. The van der Waals surface area contributed by atoms with E-state index in [1.165, 1.54) is 0 Å². The fourth-order valence-corrected chi connectivity index (χ4v) is 3.36. The van der Waals surface area contributed by atoms with Crippen molar-refractivity contribution in [1.29, 1.82) is 0 Å². The summed E-state index contributed by atoms with van der Waals surface area (Å²) in [6.07, 6.45) is 0.459. The van der Waals surface area contributed by atoms with Crippen LogP contribution in [-0.2, 0) is 10.0 Å². The van der Waals surface area contributed by atoms with E-state index in [1.54, 1.807) is 0 Å². The van der Waals surface area contributed by atoms with Gasteiger partial charge < -0.3 is 4.90 Å². The molecule has 1 atom stereocenters. The number of benzene rings is 1. The van der Waals surface area contributed by atoms with Gasteiger partial charge >= 0.3 is 0 Å². The van der Waals surface area contributed by atoms with E-state index in [9.17, 15) is 8.42 Å². The number of nitrogens with one attached hydrogen (secondary N) is 1. The Labute approximate surface area is 120 Å². The van der Waals surface area contributed by atoms with Crippen molar-refractivity contribution in [2.24, 2.45) is 0 Å². The summed E-state index contributed by atoms with van der Waals surface area (Å²) in [6, 6.07) is 9.35. The normalized spacial score (nSPS) is 13.7. The number of sulfonamides is 1. The Morgan fingerprint density at radius 3 is 2.42 bits per heavy atom. The minimum absolute atomic E-state index is 0.0628. The predicted molar refractivity (Wildman–Crippen MR) is 80.0 cm³/mol. The van der Waals surface area contributed by atoms with Gasteiger partial charge in [0.2, 0.25) is 10.0 Å². The standard InChI is InChI=1S/C13H21ClN2O2S/c1-16(2)11-13(12-7-4-3-5-8-12)15-19(17,18)10-6-9-14/h3-5,7-8,13,15H,6,9-11H2,1-2H3. The van der Waals surface area contributed by atoms with Crippen LogP contribution >= 0.6 is 11.6 Å². The maximum atomic E-state index is 12.0. The molecule has 0 saturated carbocycles. The van der Waals surface area contributed by atoms with Crippen LogP contribution in [0.2, 0.25) is 0 Å². The molecule has 0 bridgehead atoms. The first-order valence-corrected chi connectivity index (χ1v) is 8.39. The van der Waals surface area contributed by atoms with Crippen LogP contribution < -0.4 is 4.72 Å². The Hall–Kier alpha value is -0.620. The first-order chi connectivity index (χ1) is 8.94. The van der Waals surface area contributed by atoms with Crippen molar-refractivity contribution in [3.05, 3.63) is 35.9 Å². The molecular weight excluding hydrogens is 284 g/mol. The molecule has 0 aliphatic carbocycles. The molecule has 19 heavy (non-hydrogen) atoms. The van der Waals surface area contributed by atoms with Crippen molar-refractivity contribution in [2.75, 3.05) is 32.3 Å². The lowest BCUT2D eigenvalue weighted by atomic mass is 10.1. The second kappa shape index (κ2) is 7.85. The van der Waals surface area contributed by atoms with Crippen LogP contribution in [-0.4, -0.2) is 45.6 Å². The molecule has 1 unspecified atom stereocenters. The first-order valence-electron chi connectivity index (χ1n) is 6.20. The van der Waals surface area contributed by atoms with E-state index in [0.29, 0.717) is 18.8 Å². The Kier molecular flexibility index (Phi) is 6.79. The van der Waals surface area contributed by atoms with Crippen LogP contribution in [0.3, 0.4) is 0 Å². The molecule has 0 aliphatic rings. The summed E-state index contributed by atoms with van der Waals surface area (Å²) in [5.74, 6) is 0.415. The summed E-state index contributed by atoms with van der Waals surface area (Å²) >= 11 is 5.55. The molecule has 1 N–H and O–H groups in total. The molecule has 0 radical (unpaired) electrons. The Balaban J connectivity index is 2.81. The zero-order chi connectivity index (χ0) is 14.3. The van der Waals surface area contributed by atoms with Crippen molar-refractivity contribution < 1.29 is 8.42 Å². The minimum atomic E-state index is -3.30. The number of rotatable bonds is 8. The largest absolute Gasteiger partial charge is 0.307 e. The third kappa shape index (κ3) is 6.38. The summed E-state index contributed by atoms with van der Waals surface area (Å²) in [5.41, 5.74) is 0.964. The molecule has 0 saturated heterocycles. The number of hydrogen-bond acceptors (Lipinski definition) is 3. The van der Waals surface area contributed by atoms with Gasteiger partial charge in [-0.25, -0.2) is 13.1 Å². The van der Waals surface area contributed by atoms with Crippen molar-refractivity contribution in [3.63, 3.8) is 0 Å². The molecule has 0 heterocycles. The highest BCUT2D eigenvalue weighted by molar-refractivity contribution is 7.89. The number of nitrogens with zero attached hydrogens (tertiary/aromatic N) is 1. The maximum absolute atomic E-state index is 12.0. The summed E-state index contributed by atoms with van der Waals surface area (Å²) < 4.78 is 26.7. The summed E-state index contributed by atoms with van der Waals surface area (Å²) in [4.78, 5) is 1.96. The van der Waals surface area contributed by atoms with Gasteiger partial charge in [-0.2, -0.15) is 0 Å². The highest BCUT2D eigenvalue weighted by Crippen LogP contribution is 2.14. The van der Waals surface area contributed by atoms with Gasteiger partial charge in [-0.05, 0) is 26.1 Å². The van der Waals surface area contributed by atoms with E-state index in [1.807, 2.05) is 49.3 Å². The number of hydrogen-bond donors (Lipinski definition) is 1. The predicted octanol–water partition coefficient (Wildman–Crippen LogP) is 1.84. The van der Waals surface area contributed by atoms with Crippen LogP contribution in [0.15, 0.2) is 30.3 Å². The second-order valence-electron chi connectivity index (χ2n) is 4.70. The highest BCUT2D eigenvalue weighted by atomic mass is 35.5. The molecular formula is C13H21ClN2O2S. The first kappa shape index (κ1) is 16.4. The number of alkyl halides is 1.